The average Bonchev–Trinajstić information content (AvgIpc) is 2.47. The zero-order chi connectivity index (χ0) is 15.4. The van der Waals surface area contributed by atoms with Crippen molar-refractivity contribution in [3.05, 3.63) is 52.0 Å². The predicted octanol–water partition coefficient (Wildman–Crippen LogP) is 3.76. The lowest BCUT2D eigenvalue weighted by Gasteiger charge is -2.13. The summed E-state index contributed by atoms with van der Waals surface area (Å²) in [6.07, 6.45) is 0. The molecule has 1 atom stereocenters. The van der Waals surface area contributed by atoms with Gasteiger partial charge in [-0.1, -0.05) is 28.1 Å². The minimum Gasteiger partial charge on any atom is -0.493 e. The summed E-state index contributed by atoms with van der Waals surface area (Å²) >= 11 is 3.50. The SMILES string of the molecule is COc1cc(CO)ccc1Oc1ccc(C(C)N)c(Br)c1. The Morgan fingerprint density at radius 1 is 1.19 bits per heavy atom. The van der Waals surface area contributed by atoms with Crippen molar-refractivity contribution >= 4 is 15.9 Å². The molecule has 4 nitrogen and oxygen atoms in total. The molecule has 0 heterocycles. The number of methoxy groups -OCH3 is 1. The van der Waals surface area contributed by atoms with Crippen LogP contribution in [-0.4, -0.2) is 12.2 Å². The van der Waals surface area contributed by atoms with E-state index in [1.165, 1.54) is 0 Å². The number of hydrogen-bond donors (Lipinski definition) is 2. The van der Waals surface area contributed by atoms with Gasteiger partial charge in [-0.15, -0.1) is 0 Å². The van der Waals surface area contributed by atoms with Crippen LogP contribution in [0.5, 0.6) is 17.2 Å². The number of aliphatic hydroxyl groups is 1. The van der Waals surface area contributed by atoms with Crippen molar-refractivity contribution < 1.29 is 14.6 Å². The summed E-state index contributed by atoms with van der Waals surface area (Å²) in [4.78, 5) is 0. The van der Waals surface area contributed by atoms with Crippen molar-refractivity contribution in [2.45, 2.75) is 19.6 Å². The van der Waals surface area contributed by atoms with Gasteiger partial charge in [0.15, 0.2) is 11.5 Å². The van der Waals surface area contributed by atoms with E-state index in [4.69, 9.17) is 20.3 Å². The van der Waals surface area contributed by atoms with E-state index >= 15 is 0 Å². The van der Waals surface area contributed by atoms with Crippen molar-refractivity contribution in [1.29, 1.82) is 0 Å². The van der Waals surface area contributed by atoms with Crippen LogP contribution in [0.2, 0.25) is 0 Å². The van der Waals surface area contributed by atoms with E-state index in [0.29, 0.717) is 17.2 Å². The lowest BCUT2D eigenvalue weighted by Crippen LogP contribution is -2.05. The molecule has 0 saturated heterocycles. The zero-order valence-corrected chi connectivity index (χ0v) is 13.6. The Kier molecular flexibility index (Phi) is 5.22. The molecule has 3 N–H and O–H groups in total. The minimum atomic E-state index is -0.0493. The summed E-state index contributed by atoms with van der Waals surface area (Å²) in [6.45, 7) is 1.89. The summed E-state index contributed by atoms with van der Waals surface area (Å²) in [5.41, 5.74) is 7.67. The van der Waals surface area contributed by atoms with Crippen molar-refractivity contribution in [3.63, 3.8) is 0 Å². The number of halogens is 1. The molecular formula is C16H18BrNO3. The van der Waals surface area contributed by atoms with Gasteiger partial charge in [-0.25, -0.2) is 0 Å². The van der Waals surface area contributed by atoms with E-state index in [1.807, 2.05) is 25.1 Å². The Morgan fingerprint density at radius 3 is 2.52 bits per heavy atom. The molecule has 2 aromatic carbocycles. The number of aliphatic hydroxyl groups excluding tert-OH is 1. The highest BCUT2D eigenvalue weighted by Crippen LogP contribution is 2.34. The van der Waals surface area contributed by atoms with E-state index in [0.717, 1.165) is 15.6 Å². The Labute approximate surface area is 132 Å². The normalized spacial score (nSPS) is 12.0. The van der Waals surface area contributed by atoms with E-state index in [2.05, 4.69) is 15.9 Å². The molecule has 21 heavy (non-hydrogen) atoms. The molecule has 0 aliphatic rings. The fourth-order valence-electron chi connectivity index (χ4n) is 1.96. The third-order valence-corrected chi connectivity index (χ3v) is 3.79. The quantitative estimate of drug-likeness (QED) is 0.860. The third-order valence-electron chi connectivity index (χ3n) is 3.10. The van der Waals surface area contributed by atoms with Gasteiger partial charge in [-0.05, 0) is 42.3 Å². The topological polar surface area (TPSA) is 64.7 Å². The minimum absolute atomic E-state index is 0.0364. The van der Waals surface area contributed by atoms with Crippen LogP contribution in [0, 0.1) is 0 Å². The maximum atomic E-state index is 9.14. The number of rotatable bonds is 5. The number of hydrogen-bond acceptors (Lipinski definition) is 4. The molecule has 112 valence electrons. The molecule has 2 aromatic rings. The Morgan fingerprint density at radius 2 is 1.95 bits per heavy atom. The molecule has 2 rings (SSSR count). The van der Waals surface area contributed by atoms with Crippen molar-refractivity contribution in [2.75, 3.05) is 7.11 Å². The Balaban J connectivity index is 2.28. The van der Waals surface area contributed by atoms with Crippen LogP contribution < -0.4 is 15.2 Å². The largest absolute Gasteiger partial charge is 0.493 e. The first-order valence-corrected chi connectivity index (χ1v) is 7.35. The van der Waals surface area contributed by atoms with Crippen molar-refractivity contribution in [3.8, 4) is 17.2 Å². The van der Waals surface area contributed by atoms with Gasteiger partial charge in [0.1, 0.15) is 5.75 Å². The van der Waals surface area contributed by atoms with Crippen molar-refractivity contribution in [1.82, 2.24) is 0 Å². The van der Waals surface area contributed by atoms with E-state index in [9.17, 15) is 0 Å². The van der Waals surface area contributed by atoms with Crippen molar-refractivity contribution in [2.24, 2.45) is 5.73 Å². The second-order valence-corrected chi connectivity index (χ2v) is 5.57. The zero-order valence-electron chi connectivity index (χ0n) is 12.0. The average molecular weight is 352 g/mol. The maximum Gasteiger partial charge on any atom is 0.169 e. The fourth-order valence-corrected chi connectivity index (χ4v) is 2.68. The molecule has 0 spiro atoms. The van der Waals surface area contributed by atoms with E-state index in [-0.39, 0.29) is 12.6 Å². The molecule has 0 saturated carbocycles. The summed E-state index contributed by atoms with van der Waals surface area (Å²) in [6, 6.07) is 10.9. The lowest BCUT2D eigenvalue weighted by atomic mass is 10.1. The molecule has 0 radical (unpaired) electrons. The molecule has 0 bridgehead atoms. The van der Waals surface area contributed by atoms with Crippen LogP contribution in [0.15, 0.2) is 40.9 Å². The third kappa shape index (κ3) is 3.75. The van der Waals surface area contributed by atoms with Gasteiger partial charge in [0.25, 0.3) is 0 Å². The first kappa shape index (κ1) is 15.8. The van der Waals surface area contributed by atoms with Gasteiger partial charge < -0.3 is 20.3 Å². The molecule has 0 aliphatic heterocycles. The second kappa shape index (κ2) is 6.93. The summed E-state index contributed by atoms with van der Waals surface area (Å²) in [7, 11) is 1.57. The highest BCUT2D eigenvalue weighted by Gasteiger charge is 2.10. The van der Waals surface area contributed by atoms with Crippen LogP contribution in [0.1, 0.15) is 24.1 Å². The highest BCUT2D eigenvalue weighted by atomic mass is 79.9. The van der Waals surface area contributed by atoms with Crippen LogP contribution in [-0.2, 0) is 6.61 Å². The second-order valence-electron chi connectivity index (χ2n) is 4.72. The van der Waals surface area contributed by atoms with E-state index < -0.39 is 0 Å². The smallest absolute Gasteiger partial charge is 0.169 e. The molecule has 0 fully saturated rings. The van der Waals surface area contributed by atoms with Crippen LogP contribution in [0.25, 0.3) is 0 Å². The fraction of sp³-hybridized carbons (Fsp3) is 0.250. The van der Waals surface area contributed by atoms with Gasteiger partial charge in [0.2, 0.25) is 0 Å². The Hall–Kier alpha value is -1.56. The van der Waals surface area contributed by atoms with E-state index in [1.54, 1.807) is 25.3 Å². The van der Waals surface area contributed by atoms with Gasteiger partial charge in [-0.2, -0.15) is 0 Å². The molecule has 0 amide bonds. The number of benzene rings is 2. The number of ether oxygens (including phenoxy) is 2. The highest BCUT2D eigenvalue weighted by molar-refractivity contribution is 9.10. The van der Waals surface area contributed by atoms with Gasteiger partial charge in [-0.3, -0.25) is 0 Å². The predicted molar refractivity (Wildman–Crippen MR) is 85.7 cm³/mol. The molecule has 0 aliphatic carbocycles. The summed E-state index contributed by atoms with van der Waals surface area (Å²) in [5.74, 6) is 1.85. The lowest BCUT2D eigenvalue weighted by molar-refractivity contribution is 0.280. The van der Waals surface area contributed by atoms with Gasteiger partial charge in [0.05, 0.1) is 13.7 Å². The van der Waals surface area contributed by atoms with Crippen LogP contribution >= 0.6 is 15.9 Å². The van der Waals surface area contributed by atoms with Crippen LogP contribution in [0.3, 0.4) is 0 Å². The standard InChI is InChI=1S/C16H18BrNO3/c1-10(18)13-5-4-12(8-14(13)17)21-15-6-3-11(9-19)7-16(15)20-2/h3-8,10,19H,9,18H2,1-2H3. The molecular weight excluding hydrogens is 334 g/mol. The molecule has 1 unspecified atom stereocenters. The summed E-state index contributed by atoms with van der Waals surface area (Å²) in [5, 5.41) is 9.14. The first-order valence-electron chi connectivity index (χ1n) is 6.55. The van der Waals surface area contributed by atoms with Gasteiger partial charge >= 0.3 is 0 Å². The first-order chi connectivity index (χ1) is 10.0. The summed E-state index contributed by atoms with van der Waals surface area (Å²) < 4.78 is 12.0. The van der Waals surface area contributed by atoms with Crippen LogP contribution in [0.4, 0.5) is 0 Å². The molecule has 5 heteroatoms. The number of nitrogens with two attached hydrogens (primary N) is 1. The monoisotopic (exact) mass is 351 g/mol. The maximum absolute atomic E-state index is 9.14. The Bertz CT molecular complexity index is 629. The van der Waals surface area contributed by atoms with Gasteiger partial charge in [0, 0.05) is 10.5 Å². The molecule has 0 aromatic heterocycles.